The van der Waals surface area contributed by atoms with Gasteiger partial charge in [-0.2, -0.15) is 4.31 Å². The molecule has 0 radical (unpaired) electrons. The average Bonchev–Trinajstić information content (AvgIpc) is 3.09. The quantitative estimate of drug-likeness (QED) is 0.206. The van der Waals surface area contributed by atoms with E-state index in [1.807, 2.05) is 50.2 Å². The largest absolute Gasteiger partial charge is 0.486 e. The molecule has 0 fully saturated rings. The first kappa shape index (κ1) is 34.1. The summed E-state index contributed by atoms with van der Waals surface area (Å²) in [7, 11) is -2.42. The molecule has 2 aliphatic heterocycles. The van der Waals surface area contributed by atoms with Crippen LogP contribution in [0, 0.1) is 5.92 Å². The SMILES string of the molecule is CC1=Nc2ccc(S(=O)(=O)N(C)CC3Oc4c(NC(=O)Nc5cccc6ccccc56)cccc4C(=O)N(C(C)CO)CC3C)cc2CC1. The molecule has 6 rings (SSSR count). The number of aliphatic hydroxyl groups is 1. The number of aliphatic hydroxyl groups excluding tert-OH is 1. The molecule has 0 bridgehead atoms. The number of anilines is 2. The third-order valence-corrected chi connectivity index (χ3v) is 11.1. The maximum Gasteiger partial charge on any atom is 0.323 e. The van der Waals surface area contributed by atoms with Crippen molar-refractivity contribution in [3.05, 3.63) is 90.0 Å². The number of likely N-dealkylation sites (N-methyl/N-ethyl adjacent to an activating group) is 1. The zero-order chi connectivity index (χ0) is 34.9. The molecule has 3 unspecified atom stereocenters. The van der Waals surface area contributed by atoms with E-state index in [2.05, 4.69) is 15.6 Å². The fourth-order valence-corrected chi connectivity index (χ4v) is 7.54. The van der Waals surface area contributed by atoms with E-state index in [-0.39, 0.29) is 53.4 Å². The summed E-state index contributed by atoms with van der Waals surface area (Å²) >= 11 is 0. The van der Waals surface area contributed by atoms with Crippen molar-refractivity contribution in [2.45, 2.75) is 50.7 Å². The summed E-state index contributed by atoms with van der Waals surface area (Å²) in [6.45, 7) is 5.50. The Kier molecular flexibility index (Phi) is 9.73. The van der Waals surface area contributed by atoms with Gasteiger partial charge in [0.15, 0.2) is 5.75 Å². The highest BCUT2D eigenvalue weighted by atomic mass is 32.2. The molecule has 3 atom stereocenters. The van der Waals surface area contributed by atoms with Crippen LogP contribution in [0.25, 0.3) is 10.8 Å². The minimum absolute atomic E-state index is 0.0383. The van der Waals surface area contributed by atoms with Gasteiger partial charge in [-0.1, -0.05) is 49.4 Å². The fourth-order valence-electron chi connectivity index (χ4n) is 6.31. The van der Waals surface area contributed by atoms with Crippen molar-refractivity contribution in [2.75, 3.05) is 37.4 Å². The monoisotopic (exact) mass is 683 g/mol. The highest BCUT2D eigenvalue weighted by Gasteiger charge is 2.36. The van der Waals surface area contributed by atoms with Crippen molar-refractivity contribution in [3.63, 3.8) is 0 Å². The summed E-state index contributed by atoms with van der Waals surface area (Å²) in [4.78, 5) is 33.6. The molecule has 2 aliphatic rings. The predicted octanol–water partition coefficient (Wildman–Crippen LogP) is 6.06. The maximum atomic E-state index is 13.9. The number of rotatable bonds is 8. The van der Waals surface area contributed by atoms with Crippen LogP contribution in [0.15, 0.2) is 88.8 Å². The first-order valence-electron chi connectivity index (χ1n) is 16.4. The molecular formula is C37H41N5O6S. The molecule has 3 N–H and O–H groups in total. The van der Waals surface area contributed by atoms with E-state index in [1.54, 1.807) is 54.3 Å². The Morgan fingerprint density at radius 3 is 2.55 bits per heavy atom. The number of nitrogens with zero attached hydrogens (tertiary/aromatic N) is 3. The fraction of sp³-hybridized carbons (Fsp3) is 0.324. The lowest BCUT2D eigenvalue weighted by atomic mass is 9.99. The summed E-state index contributed by atoms with van der Waals surface area (Å²) in [6, 6.07) is 22.1. The van der Waals surface area contributed by atoms with Crippen LogP contribution in [0.5, 0.6) is 5.75 Å². The molecule has 0 saturated carbocycles. The number of aliphatic imine (C=N–C) groups is 1. The first-order valence-corrected chi connectivity index (χ1v) is 17.8. The van der Waals surface area contributed by atoms with Crippen LogP contribution in [0.2, 0.25) is 0 Å². The second kappa shape index (κ2) is 14.0. The van der Waals surface area contributed by atoms with Gasteiger partial charge in [0, 0.05) is 30.6 Å². The normalized spacial score (nSPS) is 18.4. The van der Waals surface area contributed by atoms with Crippen LogP contribution in [0.1, 0.15) is 43.1 Å². The standard InChI is InChI=1S/C37H41N5O6S/c1-23-20-42(25(3)22-43)36(44)30-12-8-14-33(40-37(45)39-32-13-7-10-26-9-5-6-11-29(26)32)35(30)48-34(23)21-41(4)49(46,47)28-17-18-31-27(19-28)16-15-24(2)38-31/h5-14,17-19,23,25,34,43H,15-16,20-22H2,1-4H3,(H2,39,40,45). The molecule has 12 heteroatoms. The van der Waals surface area contributed by atoms with Gasteiger partial charge < -0.3 is 25.4 Å². The number of ether oxygens (including phenoxy) is 1. The van der Waals surface area contributed by atoms with Crippen LogP contribution in [-0.2, 0) is 16.4 Å². The Labute approximate surface area is 286 Å². The van der Waals surface area contributed by atoms with Gasteiger partial charge >= 0.3 is 6.03 Å². The molecule has 11 nitrogen and oxygen atoms in total. The number of hydrogen-bond donors (Lipinski definition) is 3. The van der Waals surface area contributed by atoms with E-state index in [4.69, 9.17) is 4.74 Å². The first-order chi connectivity index (χ1) is 23.5. The lowest BCUT2D eigenvalue weighted by Gasteiger charge is -2.38. The molecule has 3 amide bonds. The average molecular weight is 684 g/mol. The molecule has 49 heavy (non-hydrogen) atoms. The second-order valence-corrected chi connectivity index (χ2v) is 14.9. The Morgan fingerprint density at radius 1 is 1.04 bits per heavy atom. The second-order valence-electron chi connectivity index (χ2n) is 12.8. The van der Waals surface area contributed by atoms with Crippen molar-refractivity contribution in [1.82, 2.24) is 9.21 Å². The molecule has 256 valence electrons. The van der Waals surface area contributed by atoms with E-state index in [0.717, 1.165) is 34.2 Å². The van der Waals surface area contributed by atoms with E-state index in [0.29, 0.717) is 12.1 Å². The van der Waals surface area contributed by atoms with Crippen molar-refractivity contribution in [3.8, 4) is 5.75 Å². The third kappa shape index (κ3) is 7.03. The Bertz CT molecular complexity index is 2040. The van der Waals surface area contributed by atoms with Gasteiger partial charge in [-0.25, -0.2) is 13.2 Å². The molecule has 2 heterocycles. The smallest absolute Gasteiger partial charge is 0.323 e. The summed E-state index contributed by atoms with van der Waals surface area (Å²) in [5.41, 5.74) is 3.72. The number of nitrogens with one attached hydrogen (secondary N) is 2. The number of aryl methyl sites for hydroxylation is 1. The predicted molar refractivity (Wildman–Crippen MR) is 192 cm³/mol. The lowest BCUT2D eigenvalue weighted by molar-refractivity contribution is 0.0389. The Hall–Kier alpha value is -4.78. The Balaban J connectivity index is 1.31. The highest BCUT2D eigenvalue weighted by molar-refractivity contribution is 7.89. The minimum atomic E-state index is -3.93. The molecule has 0 spiro atoms. The number of carbonyl (C=O) groups is 2. The molecular weight excluding hydrogens is 643 g/mol. The van der Waals surface area contributed by atoms with E-state index in [9.17, 15) is 23.1 Å². The summed E-state index contributed by atoms with van der Waals surface area (Å²) < 4.78 is 35.6. The number of carbonyl (C=O) groups excluding carboxylic acids is 2. The minimum Gasteiger partial charge on any atom is -0.486 e. The summed E-state index contributed by atoms with van der Waals surface area (Å²) in [5.74, 6) is -0.602. The number of benzene rings is 4. The summed E-state index contributed by atoms with van der Waals surface area (Å²) in [5, 5.41) is 17.6. The van der Waals surface area contributed by atoms with Crippen molar-refractivity contribution >= 4 is 55.5 Å². The molecule has 0 saturated heterocycles. The maximum absolute atomic E-state index is 13.9. The van der Waals surface area contributed by atoms with E-state index < -0.39 is 28.2 Å². The van der Waals surface area contributed by atoms with Crippen LogP contribution in [-0.4, -0.2) is 79.3 Å². The number of urea groups is 1. The van der Waals surface area contributed by atoms with E-state index in [1.165, 1.54) is 11.4 Å². The number of fused-ring (bicyclic) bond motifs is 3. The number of hydrogen-bond acceptors (Lipinski definition) is 7. The number of para-hydroxylation sites is 1. The van der Waals surface area contributed by atoms with Crippen LogP contribution >= 0.6 is 0 Å². The Morgan fingerprint density at radius 2 is 1.76 bits per heavy atom. The zero-order valence-electron chi connectivity index (χ0n) is 28.0. The van der Waals surface area contributed by atoms with Crippen LogP contribution < -0.4 is 15.4 Å². The highest BCUT2D eigenvalue weighted by Crippen LogP contribution is 2.36. The van der Waals surface area contributed by atoms with Gasteiger partial charge in [0.1, 0.15) is 6.10 Å². The van der Waals surface area contributed by atoms with Gasteiger partial charge in [-0.15, -0.1) is 0 Å². The molecule has 4 aromatic rings. The van der Waals surface area contributed by atoms with Gasteiger partial charge in [0.05, 0.1) is 46.7 Å². The van der Waals surface area contributed by atoms with Gasteiger partial charge in [0.25, 0.3) is 5.91 Å². The van der Waals surface area contributed by atoms with Gasteiger partial charge in [-0.3, -0.25) is 9.79 Å². The van der Waals surface area contributed by atoms with Crippen LogP contribution in [0.4, 0.5) is 21.9 Å². The number of sulfonamides is 1. The molecule has 0 aliphatic carbocycles. The van der Waals surface area contributed by atoms with Crippen molar-refractivity contribution in [2.24, 2.45) is 10.9 Å². The lowest BCUT2D eigenvalue weighted by Crippen LogP contribution is -2.50. The van der Waals surface area contributed by atoms with Crippen molar-refractivity contribution in [1.29, 1.82) is 0 Å². The molecule has 4 aromatic carbocycles. The van der Waals surface area contributed by atoms with Crippen molar-refractivity contribution < 1.29 is 27.9 Å². The topological polar surface area (TPSA) is 141 Å². The molecule has 0 aromatic heterocycles. The summed E-state index contributed by atoms with van der Waals surface area (Å²) in [6.07, 6.45) is 0.763. The van der Waals surface area contributed by atoms with Gasteiger partial charge in [0.2, 0.25) is 10.0 Å². The number of amides is 3. The zero-order valence-corrected chi connectivity index (χ0v) is 28.8. The van der Waals surface area contributed by atoms with E-state index >= 15 is 0 Å². The van der Waals surface area contributed by atoms with Crippen LogP contribution in [0.3, 0.4) is 0 Å². The third-order valence-electron chi connectivity index (χ3n) is 9.24. The van der Waals surface area contributed by atoms with Gasteiger partial charge in [-0.05, 0) is 74.0 Å².